The lowest BCUT2D eigenvalue weighted by molar-refractivity contribution is -0.00555. The second-order valence-electron chi connectivity index (χ2n) is 10.3. The van der Waals surface area contributed by atoms with Crippen LogP contribution in [0.5, 0.6) is 0 Å². The highest BCUT2D eigenvalue weighted by Crippen LogP contribution is 2.61. The molecule has 1 aromatic heterocycles. The Morgan fingerprint density at radius 3 is 2.20 bits per heavy atom. The van der Waals surface area contributed by atoms with Crippen LogP contribution < -0.4 is 5.32 Å². The van der Waals surface area contributed by atoms with Gasteiger partial charge in [0.1, 0.15) is 5.01 Å². The summed E-state index contributed by atoms with van der Waals surface area (Å²) in [5.74, 6) is 3.22. The Balaban J connectivity index is 1.14. The maximum absolute atomic E-state index is 12.8. The van der Waals surface area contributed by atoms with E-state index >= 15 is 0 Å². The van der Waals surface area contributed by atoms with Crippen LogP contribution in [-0.2, 0) is 5.41 Å². The molecule has 1 radical (unpaired) electrons. The number of aromatic nitrogens is 2. The van der Waals surface area contributed by atoms with E-state index in [1.807, 2.05) is 12.1 Å². The standard InChI is InChI=1S/C25H30N3OS/c29-22(21-8-6-20(7-9-21)19-4-2-1-3-5-19)26-24-28-27-23(30-24)25-13-16-10-17(14-25)12-18(11-16)15-25/h1,6-9,16-19H,2-5,10-15H2,(H,26,28,29). The largest absolute Gasteiger partial charge is 0.296 e. The van der Waals surface area contributed by atoms with Crippen LogP contribution in [0.25, 0.3) is 0 Å². The molecule has 4 nitrogen and oxygen atoms in total. The lowest BCUT2D eigenvalue weighted by atomic mass is 9.50. The first-order chi connectivity index (χ1) is 14.7. The Morgan fingerprint density at radius 1 is 0.933 bits per heavy atom. The van der Waals surface area contributed by atoms with Gasteiger partial charge in [-0.2, -0.15) is 0 Å². The number of nitrogens with one attached hydrogen (secondary N) is 1. The first-order valence-corrected chi connectivity index (χ1v) is 12.6. The second-order valence-corrected chi connectivity index (χ2v) is 11.3. The smallest absolute Gasteiger partial charge is 0.257 e. The van der Waals surface area contributed by atoms with Gasteiger partial charge in [0, 0.05) is 11.0 Å². The molecule has 0 saturated heterocycles. The van der Waals surface area contributed by atoms with Gasteiger partial charge in [-0.05, 0) is 112 Å². The fraction of sp³-hybridized carbons (Fsp3) is 0.600. The van der Waals surface area contributed by atoms with Crippen LogP contribution >= 0.6 is 11.3 Å². The van der Waals surface area contributed by atoms with Crippen molar-refractivity contribution in [2.24, 2.45) is 17.8 Å². The number of amides is 1. The number of hydrogen-bond donors (Lipinski definition) is 1. The highest BCUT2D eigenvalue weighted by atomic mass is 32.1. The summed E-state index contributed by atoms with van der Waals surface area (Å²) in [6.45, 7) is 0. The third-order valence-corrected chi connectivity index (χ3v) is 9.31. The molecular formula is C25H30N3OS. The van der Waals surface area contributed by atoms with Gasteiger partial charge in [-0.1, -0.05) is 23.5 Å². The van der Waals surface area contributed by atoms with Gasteiger partial charge in [-0.15, -0.1) is 10.2 Å². The Kier molecular flexibility index (Phi) is 4.70. The number of rotatable bonds is 4. The van der Waals surface area contributed by atoms with E-state index in [9.17, 15) is 4.79 Å². The third-order valence-electron chi connectivity index (χ3n) is 8.22. The zero-order valence-electron chi connectivity index (χ0n) is 17.5. The van der Waals surface area contributed by atoms with E-state index in [2.05, 4.69) is 34.1 Å². The molecular weight excluding hydrogens is 390 g/mol. The number of anilines is 1. The van der Waals surface area contributed by atoms with Crippen LogP contribution in [0.3, 0.4) is 0 Å². The van der Waals surface area contributed by atoms with Gasteiger partial charge in [0.25, 0.3) is 5.91 Å². The quantitative estimate of drug-likeness (QED) is 0.648. The molecule has 5 aliphatic carbocycles. The molecule has 2 aromatic rings. The minimum atomic E-state index is -0.0771. The van der Waals surface area contributed by atoms with E-state index in [0.717, 1.165) is 17.8 Å². The van der Waals surface area contributed by atoms with Crippen LogP contribution in [0, 0.1) is 24.2 Å². The SMILES string of the molecule is O=C(Nc1nnc(C23CC4CC(CC(C4)C2)C3)s1)c1ccc(C2CC[CH]CC2)cc1. The van der Waals surface area contributed by atoms with E-state index in [0.29, 0.717) is 16.6 Å². The van der Waals surface area contributed by atoms with E-state index < -0.39 is 0 Å². The van der Waals surface area contributed by atoms with Gasteiger partial charge in [0.05, 0.1) is 0 Å². The van der Waals surface area contributed by atoms with Crippen molar-refractivity contribution < 1.29 is 4.79 Å². The van der Waals surface area contributed by atoms with Gasteiger partial charge in [0.2, 0.25) is 5.13 Å². The number of benzene rings is 1. The van der Waals surface area contributed by atoms with Crippen LogP contribution in [0.2, 0.25) is 0 Å². The topological polar surface area (TPSA) is 54.9 Å². The summed E-state index contributed by atoms with van der Waals surface area (Å²) >= 11 is 1.61. The lowest BCUT2D eigenvalue weighted by Crippen LogP contribution is -2.48. The van der Waals surface area contributed by atoms with Crippen molar-refractivity contribution in [3.8, 4) is 0 Å². The zero-order chi connectivity index (χ0) is 20.1. The zero-order valence-corrected chi connectivity index (χ0v) is 18.3. The normalized spacial score (nSPS) is 33.0. The summed E-state index contributed by atoms with van der Waals surface area (Å²) in [6, 6.07) is 8.19. The monoisotopic (exact) mass is 420 g/mol. The number of carbonyl (C=O) groups excluding carboxylic acids is 1. The summed E-state index contributed by atoms with van der Waals surface area (Å²) in [5, 5.41) is 13.8. The fourth-order valence-corrected chi connectivity index (χ4v) is 8.15. The first kappa shape index (κ1) is 19.0. The summed E-state index contributed by atoms with van der Waals surface area (Å²) in [7, 11) is 0. The van der Waals surface area contributed by atoms with Gasteiger partial charge in [-0.25, -0.2) is 0 Å². The molecule has 1 N–H and O–H groups in total. The fourth-order valence-electron chi connectivity index (χ4n) is 7.20. The van der Waals surface area contributed by atoms with Crippen molar-refractivity contribution in [2.45, 2.75) is 75.5 Å². The van der Waals surface area contributed by atoms with Crippen molar-refractivity contribution >= 4 is 22.4 Å². The molecule has 0 atom stereocenters. The summed E-state index contributed by atoms with van der Waals surface area (Å²) in [4.78, 5) is 12.8. The van der Waals surface area contributed by atoms with Crippen molar-refractivity contribution in [2.75, 3.05) is 5.32 Å². The Labute approximate surface area is 182 Å². The maximum atomic E-state index is 12.8. The molecule has 1 heterocycles. The van der Waals surface area contributed by atoms with Crippen molar-refractivity contribution in [3.05, 3.63) is 46.8 Å². The minimum Gasteiger partial charge on any atom is -0.296 e. The Bertz CT molecular complexity index is 893. The van der Waals surface area contributed by atoms with E-state index in [-0.39, 0.29) is 11.3 Å². The van der Waals surface area contributed by atoms with E-state index in [1.165, 1.54) is 74.8 Å². The van der Waals surface area contributed by atoms with Crippen LogP contribution in [0.4, 0.5) is 5.13 Å². The van der Waals surface area contributed by atoms with Crippen LogP contribution in [-0.4, -0.2) is 16.1 Å². The Hall–Kier alpha value is -1.75. The molecule has 4 bridgehead atoms. The average Bonchev–Trinajstić information content (AvgIpc) is 3.23. The van der Waals surface area contributed by atoms with Gasteiger partial charge in [0.15, 0.2) is 0 Å². The molecule has 5 saturated carbocycles. The molecule has 5 heteroatoms. The second kappa shape index (κ2) is 7.44. The van der Waals surface area contributed by atoms with Crippen LogP contribution in [0.15, 0.2) is 24.3 Å². The molecule has 7 rings (SSSR count). The third kappa shape index (κ3) is 3.39. The molecule has 5 aliphatic rings. The van der Waals surface area contributed by atoms with Crippen molar-refractivity contribution in [1.29, 1.82) is 0 Å². The molecule has 0 aliphatic heterocycles. The highest BCUT2D eigenvalue weighted by molar-refractivity contribution is 7.15. The maximum Gasteiger partial charge on any atom is 0.257 e. The average molecular weight is 421 g/mol. The van der Waals surface area contributed by atoms with Gasteiger partial charge in [-0.3, -0.25) is 10.1 Å². The van der Waals surface area contributed by atoms with E-state index in [1.54, 1.807) is 11.3 Å². The first-order valence-electron chi connectivity index (χ1n) is 11.7. The predicted octanol–water partition coefficient (Wildman–Crippen LogP) is 6.12. The van der Waals surface area contributed by atoms with Crippen molar-refractivity contribution in [3.63, 3.8) is 0 Å². The molecule has 30 heavy (non-hydrogen) atoms. The molecule has 0 unspecified atom stereocenters. The molecule has 157 valence electrons. The molecule has 1 aromatic carbocycles. The number of hydrogen-bond acceptors (Lipinski definition) is 4. The van der Waals surface area contributed by atoms with E-state index in [4.69, 9.17) is 0 Å². The number of carbonyl (C=O) groups is 1. The van der Waals surface area contributed by atoms with Crippen molar-refractivity contribution in [1.82, 2.24) is 10.2 Å². The minimum absolute atomic E-state index is 0.0771. The lowest BCUT2D eigenvalue weighted by Gasteiger charge is -2.55. The van der Waals surface area contributed by atoms with Crippen LogP contribution in [0.1, 0.15) is 91.1 Å². The summed E-state index contributed by atoms with van der Waals surface area (Å²) in [6.07, 6.45) is 15.4. The number of nitrogens with zero attached hydrogens (tertiary/aromatic N) is 2. The molecule has 0 spiro atoms. The Morgan fingerprint density at radius 2 is 1.57 bits per heavy atom. The predicted molar refractivity (Wildman–Crippen MR) is 120 cm³/mol. The molecule has 5 fully saturated rings. The van der Waals surface area contributed by atoms with Gasteiger partial charge >= 0.3 is 0 Å². The summed E-state index contributed by atoms with van der Waals surface area (Å²) in [5.41, 5.74) is 2.31. The van der Waals surface area contributed by atoms with Gasteiger partial charge < -0.3 is 0 Å². The highest BCUT2D eigenvalue weighted by Gasteiger charge is 2.53. The summed E-state index contributed by atoms with van der Waals surface area (Å²) < 4.78 is 0. The molecule has 1 amide bonds.